The van der Waals surface area contributed by atoms with E-state index >= 15 is 0 Å². The van der Waals surface area contributed by atoms with Gasteiger partial charge in [0.05, 0.1) is 11.4 Å². The molecule has 0 amide bonds. The molecule has 114 valence electrons. The molecule has 0 spiro atoms. The molecule has 4 nitrogen and oxygen atoms in total. The molecule has 2 aromatic heterocycles. The van der Waals surface area contributed by atoms with Gasteiger partial charge in [-0.05, 0) is 36.8 Å². The minimum atomic E-state index is -0.974. The highest BCUT2D eigenvalue weighted by Crippen LogP contribution is 2.29. The summed E-state index contributed by atoms with van der Waals surface area (Å²) in [5, 5.41) is 13.9. The average molecular weight is 310 g/mol. The van der Waals surface area contributed by atoms with E-state index in [9.17, 15) is 14.0 Å². The summed E-state index contributed by atoms with van der Waals surface area (Å²) in [6, 6.07) is 10.9. The first-order valence-corrected chi connectivity index (χ1v) is 7.04. The Morgan fingerprint density at radius 3 is 2.61 bits per heavy atom. The van der Waals surface area contributed by atoms with Crippen LogP contribution in [0.1, 0.15) is 18.2 Å². The highest BCUT2D eigenvalue weighted by Gasteiger charge is 2.21. The summed E-state index contributed by atoms with van der Waals surface area (Å²) in [7, 11) is 0. The fraction of sp³-hybridized carbons (Fsp3) is 0.118. The van der Waals surface area contributed by atoms with Gasteiger partial charge < -0.3 is 0 Å². The van der Waals surface area contributed by atoms with E-state index in [0.717, 1.165) is 12.1 Å². The lowest BCUT2D eigenvalue weighted by atomic mass is 10.1. The van der Waals surface area contributed by atoms with Crippen molar-refractivity contribution in [3.05, 3.63) is 65.5 Å². The Kier molecular flexibility index (Phi) is 3.85. The zero-order valence-corrected chi connectivity index (χ0v) is 12.3. The predicted molar refractivity (Wildman–Crippen MR) is 80.8 cm³/mol. The standard InChI is InChI=1S/C17H12F2N4/c1-2-15-12(10-20)17(11-6-7-13(18)14(19)9-11)23(22-15)16-5-3-4-8-21-16/h3-9H,2H2,1H3. The van der Waals surface area contributed by atoms with Crippen molar-refractivity contribution in [1.29, 1.82) is 5.26 Å². The largest absolute Gasteiger partial charge is 0.237 e. The number of hydrogen-bond acceptors (Lipinski definition) is 3. The SMILES string of the molecule is CCc1nn(-c2ccccn2)c(-c2ccc(F)c(F)c2)c1C#N. The van der Waals surface area contributed by atoms with Crippen LogP contribution in [0.5, 0.6) is 0 Å². The van der Waals surface area contributed by atoms with E-state index in [1.807, 2.05) is 6.92 Å². The lowest BCUT2D eigenvalue weighted by Crippen LogP contribution is -2.02. The number of hydrogen-bond donors (Lipinski definition) is 0. The van der Waals surface area contributed by atoms with Crippen LogP contribution >= 0.6 is 0 Å². The minimum Gasteiger partial charge on any atom is -0.237 e. The Balaban J connectivity index is 2.31. The van der Waals surface area contributed by atoms with Crippen LogP contribution in [0.4, 0.5) is 8.78 Å². The molecule has 0 saturated carbocycles. The topological polar surface area (TPSA) is 54.5 Å². The molecule has 0 aliphatic carbocycles. The highest BCUT2D eigenvalue weighted by atomic mass is 19.2. The van der Waals surface area contributed by atoms with E-state index < -0.39 is 11.6 Å². The maximum Gasteiger partial charge on any atom is 0.159 e. The van der Waals surface area contributed by atoms with E-state index in [2.05, 4.69) is 16.2 Å². The van der Waals surface area contributed by atoms with Gasteiger partial charge in [0.15, 0.2) is 17.5 Å². The number of nitriles is 1. The average Bonchev–Trinajstić information content (AvgIpc) is 2.96. The van der Waals surface area contributed by atoms with Crippen LogP contribution in [0, 0.1) is 23.0 Å². The van der Waals surface area contributed by atoms with Crippen LogP contribution in [0.2, 0.25) is 0 Å². The van der Waals surface area contributed by atoms with Crippen molar-refractivity contribution in [2.24, 2.45) is 0 Å². The second-order valence-corrected chi connectivity index (χ2v) is 4.86. The number of pyridine rings is 1. The first kappa shape index (κ1) is 14.9. The number of aryl methyl sites for hydroxylation is 1. The normalized spacial score (nSPS) is 10.5. The third kappa shape index (κ3) is 2.57. The zero-order valence-electron chi connectivity index (χ0n) is 12.3. The summed E-state index contributed by atoms with van der Waals surface area (Å²) >= 11 is 0. The van der Waals surface area contributed by atoms with Crippen LogP contribution in [0.25, 0.3) is 17.1 Å². The van der Waals surface area contributed by atoms with Crippen molar-refractivity contribution in [2.75, 3.05) is 0 Å². The molecule has 3 rings (SSSR count). The third-order valence-electron chi connectivity index (χ3n) is 3.46. The van der Waals surface area contributed by atoms with Crippen molar-refractivity contribution < 1.29 is 8.78 Å². The van der Waals surface area contributed by atoms with Gasteiger partial charge in [0.2, 0.25) is 0 Å². The number of aromatic nitrogens is 3. The Bertz CT molecular complexity index is 895. The van der Waals surface area contributed by atoms with Gasteiger partial charge in [0, 0.05) is 11.8 Å². The van der Waals surface area contributed by atoms with Gasteiger partial charge in [0.1, 0.15) is 11.6 Å². The van der Waals surface area contributed by atoms with Gasteiger partial charge in [-0.1, -0.05) is 13.0 Å². The molecule has 3 aromatic rings. The lowest BCUT2D eigenvalue weighted by molar-refractivity contribution is 0.509. The van der Waals surface area contributed by atoms with Crippen molar-refractivity contribution in [3.8, 4) is 23.1 Å². The summed E-state index contributed by atoms with van der Waals surface area (Å²) in [4.78, 5) is 4.22. The molecule has 0 unspecified atom stereocenters. The molecule has 2 heterocycles. The van der Waals surface area contributed by atoms with E-state index in [0.29, 0.717) is 34.8 Å². The van der Waals surface area contributed by atoms with Gasteiger partial charge in [-0.15, -0.1) is 0 Å². The van der Waals surface area contributed by atoms with E-state index in [-0.39, 0.29) is 0 Å². The molecule has 6 heteroatoms. The van der Waals surface area contributed by atoms with Crippen LogP contribution in [0.15, 0.2) is 42.6 Å². The fourth-order valence-corrected chi connectivity index (χ4v) is 2.38. The van der Waals surface area contributed by atoms with E-state index in [1.54, 1.807) is 24.4 Å². The van der Waals surface area contributed by atoms with Crippen molar-refractivity contribution in [2.45, 2.75) is 13.3 Å². The van der Waals surface area contributed by atoms with Crippen LogP contribution in [0.3, 0.4) is 0 Å². The minimum absolute atomic E-state index is 0.337. The van der Waals surface area contributed by atoms with Crippen LogP contribution < -0.4 is 0 Å². The Morgan fingerprint density at radius 1 is 1.17 bits per heavy atom. The molecule has 0 N–H and O–H groups in total. The second-order valence-electron chi connectivity index (χ2n) is 4.86. The van der Waals surface area contributed by atoms with Crippen molar-refractivity contribution >= 4 is 0 Å². The summed E-state index contributed by atoms with van der Waals surface area (Å²) in [5.41, 5.74) is 1.70. The molecule has 0 aliphatic heterocycles. The molecule has 0 aliphatic rings. The Morgan fingerprint density at radius 2 is 2.00 bits per heavy atom. The summed E-state index contributed by atoms with van der Waals surface area (Å²) < 4.78 is 28.3. The Labute approximate surface area is 131 Å². The summed E-state index contributed by atoms with van der Waals surface area (Å²) in [5.74, 6) is -1.41. The van der Waals surface area contributed by atoms with Gasteiger partial charge >= 0.3 is 0 Å². The van der Waals surface area contributed by atoms with Gasteiger partial charge in [-0.2, -0.15) is 10.4 Å². The molecule has 1 aromatic carbocycles. The molecule has 0 atom stereocenters. The van der Waals surface area contributed by atoms with Gasteiger partial charge in [-0.25, -0.2) is 18.4 Å². The third-order valence-corrected chi connectivity index (χ3v) is 3.46. The molecule has 0 saturated heterocycles. The fourth-order valence-electron chi connectivity index (χ4n) is 2.38. The zero-order chi connectivity index (χ0) is 16.4. The van der Waals surface area contributed by atoms with Gasteiger partial charge in [0.25, 0.3) is 0 Å². The molecule has 0 bridgehead atoms. The maximum atomic E-state index is 13.6. The van der Waals surface area contributed by atoms with Crippen LogP contribution in [-0.4, -0.2) is 14.8 Å². The quantitative estimate of drug-likeness (QED) is 0.742. The van der Waals surface area contributed by atoms with Crippen LogP contribution in [-0.2, 0) is 6.42 Å². The Hall–Kier alpha value is -3.07. The second kappa shape index (κ2) is 5.97. The van der Waals surface area contributed by atoms with E-state index in [1.165, 1.54) is 10.7 Å². The number of benzene rings is 1. The van der Waals surface area contributed by atoms with Crippen molar-refractivity contribution in [3.63, 3.8) is 0 Å². The number of rotatable bonds is 3. The summed E-state index contributed by atoms with van der Waals surface area (Å²) in [6.07, 6.45) is 2.14. The van der Waals surface area contributed by atoms with Crippen molar-refractivity contribution in [1.82, 2.24) is 14.8 Å². The first-order chi connectivity index (χ1) is 11.2. The lowest BCUT2D eigenvalue weighted by Gasteiger charge is -2.07. The monoisotopic (exact) mass is 310 g/mol. The number of nitrogens with zero attached hydrogens (tertiary/aromatic N) is 4. The molecule has 0 radical (unpaired) electrons. The maximum absolute atomic E-state index is 13.6. The summed E-state index contributed by atoms with van der Waals surface area (Å²) in [6.45, 7) is 1.88. The van der Waals surface area contributed by atoms with Gasteiger partial charge in [-0.3, -0.25) is 0 Å². The molecular formula is C17H12F2N4. The molecular weight excluding hydrogens is 298 g/mol. The molecule has 23 heavy (non-hydrogen) atoms. The number of halogens is 2. The first-order valence-electron chi connectivity index (χ1n) is 7.04. The predicted octanol–water partition coefficient (Wildman–Crippen LogP) is 3.65. The molecule has 0 fully saturated rings. The highest BCUT2D eigenvalue weighted by molar-refractivity contribution is 5.70. The van der Waals surface area contributed by atoms with E-state index in [4.69, 9.17) is 0 Å². The smallest absolute Gasteiger partial charge is 0.159 e.